The van der Waals surface area contributed by atoms with Gasteiger partial charge in [0, 0.05) is 24.2 Å². The molecule has 0 spiro atoms. The molecule has 0 atom stereocenters. The standard InChI is InChI=1S/C14H22N4S/c1-6-7-10-16-11(13(15)19-10)9-8-18(5)17-12(9)14(2,3)4/h8H,6-7,15H2,1-5H3. The third-order valence-corrected chi connectivity index (χ3v) is 3.90. The zero-order valence-electron chi connectivity index (χ0n) is 12.3. The van der Waals surface area contributed by atoms with Crippen LogP contribution in [-0.2, 0) is 18.9 Å². The lowest BCUT2D eigenvalue weighted by Crippen LogP contribution is -2.14. The molecule has 5 heteroatoms. The molecule has 2 rings (SSSR count). The Morgan fingerprint density at radius 3 is 2.63 bits per heavy atom. The van der Waals surface area contributed by atoms with Gasteiger partial charge in [0.15, 0.2) is 0 Å². The van der Waals surface area contributed by atoms with Gasteiger partial charge in [-0.3, -0.25) is 4.68 Å². The highest BCUT2D eigenvalue weighted by Gasteiger charge is 2.25. The van der Waals surface area contributed by atoms with Gasteiger partial charge in [0.05, 0.1) is 10.7 Å². The van der Waals surface area contributed by atoms with E-state index in [1.54, 1.807) is 11.3 Å². The van der Waals surface area contributed by atoms with E-state index in [-0.39, 0.29) is 5.41 Å². The maximum absolute atomic E-state index is 6.14. The first kappa shape index (κ1) is 14.1. The Balaban J connectivity index is 2.53. The number of nitrogens with zero attached hydrogens (tertiary/aromatic N) is 3. The van der Waals surface area contributed by atoms with Crippen molar-refractivity contribution in [3.05, 3.63) is 16.9 Å². The highest BCUT2D eigenvalue weighted by Crippen LogP contribution is 2.36. The van der Waals surface area contributed by atoms with Gasteiger partial charge in [-0.05, 0) is 12.8 Å². The fraction of sp³-hybridized carbons (Fsp3) is 0.571. The van der Waals surface area contributed by atoms with Gasteiger partial charge < -0.3 is 5.73 Å². The van der Waals surface area contributed by atoms with E-state index in [0.717, 1.165) is 39.8 Å². The lowest BCUT2D eigenvalue weighted by Gasteiger charge is -2.16. The highest BCUT2D eigenvalue weighted by atomic mass is 32.1. The molecule has 2 N–H and O–H groups in total. The molecule has 19 heavy (non-hydrogen) atoms. The smallest absolute Gasteiger partial charge is 0.114 e. The summed E-state index contributed by atoms with van der Waals surface area (Å²) in [5.74, 6) is 0. The van der Waals surface area contributed by atoms with E-state index >= 15 is 0 Å². The molecule has 0 radical (unpaired) electrons. The van der Waals surface area contributed by atoms with Crippen LogP contribution < -0.4 is 5.73 Å². The molecule has 0 saturated heterocycles. The van der Waals surface area contributed by atoms with E-state index in [2.05, 4.69) is 32.8 Å². The van der Waals surface area contributed by atoms with Crippen LogP contribution in [0.25, 0.3) is 11.3 Å². The Hall–Kier alpha value is -1.36. The summed E-state index contributed by atoms with van der Waals surface area (Å²) in [6.07, 6.45) is 4.09. The van der Waals surface area contributed by atoms with E-state index in [4.69, 9.17) is 10.7 Å². The summed E-state index contributed by atoms with van der Waals surface area (Å²) in [6.45, 7) is 8.64. The summed E-state index contributed by atoms with van der Waals surface area (Å²) in [5.41, 5.74) is 9.13. The predicted molar refractivity (Wildman–Crippen MR) is 81.4 cm³/mol. The van der Waals surface area contributed by atoms with Gasteiger partial charge in [-0.2, -0.15) is 5.10 Å². The zero-order valence-corrected chi connectivity index (χ0v) is 13.1. The molecule has 0 fully saturated rings. The summed E-state index contributed by atoms with van der Waals surface area (Å²) < 4.78 is 1.84. The van der Waals surface area contributed by atoms with Gasteiger partial charge >= 0.3 is 0 Å². The summed E-state index contributed by atoms with van der Waals surface area (Å²) in [6, 6.07) is 0. The molecule has 0 bridgehead atoms. The zero-order chi connectivity index (χ0) is 14.2. The average molecular weight is 278 g/mol. The van der Waals surface area contributed by atoms with Crippen LogP contribution in [0.2, 0.25) is 0 Å². The van der Waals surface area contributed by atoms with E-state index in [0.29, 0.717) is 0 Å². The molecule has 0 aromatic carbocycles. The largest absolute Gasteiger partial charge is 0.389 e. The molecule has 2 aromatic rings. The summed E-state index contributed by atoms with van der Waals surface area (Å²) in [4.78, 5) is 4.70. The average Bonchev–Trinajstić information content (AvgIpc) is 2.82. The maximum Gasteiger partial charge on any atom is 0.114 e. The SMILES string of the molecule is CCCc1nc(-c2cn(C)nc2C(C)(C)C)c(N)s1. The topological polar surface area (TPSA) is 56.7 Å². The van der Waals surface area contributed by atoms with E-state index in [1.807, 2.05) is 17.9 Å². The van der Waals surface area contributed by atoms with Crippen molar-refractivity contribution < 1.29 is 0 Å². The summed E-state index contributed by atoms with van der Waals surface area (Å²) >= 11 is 1.59. The Morgan fingerprint density at radius 2 is 2.05 bits per heavy atom. The van der Waals surface area contributed by atoms with Crippen molar-refractivity contribution in [3.63, 3.8) is 0 Å². The van der Waals surface area contributed by atoms with Crippen LogP contribution in [-0.4, -0.2) is 14.8 Å². The third-order valence-electron chi connectivity index (χ3n) is 2.96. The molecule has 104 valence electrons. The van der Waals surface area contributed by atoms with Crippen LogP contribution in [0.4, 0.5) is 5.00 Å². The van der Waals surface area contributed by atoms with Gasteiger partial charge in [0.2, 0.25) is 0 Å². The minimum Gasteiger partial charge on any atom is -0.389 e. The minimum absolute atomic E-state index is 0.0163. The predicted octanol–water partition coefficient (Wildman–Crippen LogP) is 3.38. The van der Waals surface area contributed by atoms with Crippen molar-refractivity contribution in [3.8, 4) is 11.3 Å². The molecular weight excluding hydrogens is 256 g/mol. The first-order valence-electron chi connectivity index (χ1n) is 6.62. The molecule has 0 aliphatic rings. The number of anilines is 1. The summed E-state index contributed by atoms with van der Waals surface area (Å²) in [7, 11) is 1.94. The number of nitrogens with two attached hydrogens (primary N) is 1. The lowest BCUT2D eigenvalue weighted by atomic mass is 9.89. The third kappa shape index (κ3) is 2.81. The van der Waals surface area contributed by atoms with Gasteiger partial charge in [-0.15, -0.1) is 11.3 Å². The van der Waals surface area contributed by atoms with Crippen LogP contribution in [0, 0.1) is 0 Å². The second-order valence-corrected chi connectivity index (χ2v) is 7.00. The number of rotatable bonds is 3. The van der Waals surface area contributed by atoms with Crippen LogP contribution in [0.5, 0.6) is 0 Å². The second-order valence-electron chi connectivity index (χ2n) is 5.89. The Morgan fingerprint density at radius 1 is 1.37 bits per heavy atom. The number of hydrogen-bond donors (Lipinski definition) is 1. The molecule has 0 amide bonds. The minimum atomic E-state index is -0.0163. The first-order valence-corrected chi connectivity index (χ1v) is 7.44. The molecule has 0 unspecified atom stereocenters. The lowest BCUT2D eigenvalue weighted by molar-refractivity contribution is 0.554. The van der Waals surface area contributed by atoms with Crippen molar-refractivity contribution in [1.29, 1.82) is 0 Å². The van der Waals surface area contributed by atoms with Crippen LogP contribution >= 0.6 is 11.3 Å². The van der Waals surface area contributed by atoms with Gasteiger partial charge in [0.1, 0.15) is 10.7 Å². The number of nitrogen functional groups attached to an aromatic ring is 1. The number of aromatic nitrogens is 3. The summed E-state index contributed by atoms with van der Waals surface area (Å²) in [5, 5.41) is 6.48. The fourth-order valence-electron chi connectivity index (χ4n) is 2.11. The van der Waals surface area contributed by atoms with Crippen molar-refractivity contribution >= 4 is 16.3 Å². The molecule has 2 aromatic heterocycles. The second kappa shape index (κ2) is 4.96. The van der Waals surface area contributed by atoms with Crippen LogP contribution in [0.1, 0.15) is 44.8 Å². The molecule has 0 aliphatic carbocycles. The Bertz CT molecular complexity index is 575. The molecule has 2 heterocycles. The number of aryl methyl sites for hydroxylation is 2. The van der Waals surface area contributed by atoms with Crippen molar-refractivity contribution in [2.24, 2.45) is 7.05 Å². The number of hydrogen-bond acceptors (Lipinski definition) is 4. The van der Waals surface area contributed by atoms with E-state index in [1.165, 1.54) is 0 Å². The molecule has 0 saturated carbocycles. The van der Waals surface area contributed by atoms with Gasteiger partial charge in [-0.25, -0.2) is 4.98 Å². The van der Waals surface area contributed by atoms with Crippen molar-refractivity contribution in [2.45, 2.75) is 46.0 Å². The first-order chi connectivity index (χ1) is 8.82. The Labute approximate surface area is 118 Å². The number of thiazole rings is 1. The quantitative estimate of drug-likeness (QED) is 0.936. The monoisotopic (exact) mass is 278 g/mol. The van der Waals surface area contributed by atoms with Crippen molar-refractivity contribution in [1.82, 2.24) is 14.8 Å². The van der Waals surface area contributed by atoms with Crippen LogP contribution in [0.15, 0.2) is 6.20 Å². The maximum atomic E-state index is 6.14. The molecular formula is C14H22N4S. The highest BCUT2D eigenvalue weighted by molar-refractivity contribution is 7.16. The normalized spacial score (nSPS) is 12.1. The van der Waals surface area contributed by atoms with Gasteiger partial charge in [-0.1, -0.05) is 27.7 Å². The molecule has 0 aliphatic heterocycles. The van der Waals surface area contributed by atoms with Crippen LogP contribution in [0.3, 0.4) is 0 Å². The van der Waals surface area contributed by atoms with E-state index < -0.39 is 0 Å². The fourth-order valence-corrected chi connectivity index (χ4v) is 3.06. The Kier molecular flexibility index (Phi) is 3.67. The molecule has 4 nitrogen and oxygen atoms in total. The van der Waals surface area contributed by atoms with Crippen molar-refractivity contribution in [2.75, 3.05) is 5.73 Å². The van der Waals surface area contributed by atoms with E-state index in [9.17, 15) is 0 Å². The van der Waals surface area contributed by atoms with Gasteiger partial charge in [0.25, 0.3) is 0 Å².